The molecule has 1 fully saturated rings. The van der Waals surface area contributed by atoms with E-state index in [4.69, 9.17) is 4.74 Å². The summed E-state index contributed by atoms with van der Waals surface area (Å²) in [5, 5.41) is 2.82. The summed E-state index contributed by atoms with van der Waals surface area (Å²) in [5.74, 6) is 0.360. The smallest absolute Gasteiger partial charge is 0.262 e. The molecule has 0 aromatic heterocycles. The van der Waals surface area contributed by atoms with Gasteiger partial charge in [-0.1, -0.05) is 28.1 Å². The van der Waals surface area contributed by atoms with E-state index in [0.717, 1.165) is 47.1 Å². The Kier molecular flexibility index (Phi) is 6.39. The highest BCUT2D eigenvalue weighted by molar-refractivity contribution is 9.10. The van der Waals surface area contributed by atoms with E-state index in [1.165, 1.54) is 0 Å². The first kappa shape index (κ1) is 20.4. The number of anilines is 1. The van der Waals surface area contributed by atoms with Gasteiger partial charge >= 0.3 is 0 Å². The van der Waals surface area contributed by atoms with E-state index < -0.39 is 0 Å². The van der Waals surface area contributed by atoms with Crippen molar-refractivity contribution in [2.75, 3.05) is 25.0 Å². The Bertz CT molecular complexity index is 905. The molecule has 3 rings (SSSR count). The highest BCUT2D eigenvalue weighted by atomic mass is 79.9. The maximum absolute atomic E-state index is 12.7. The summed E-state index contributed by atoms with van der Waals surface area (Å²) >= 11 is 3.57. The number of aryl methyl sites for hydroxylation is 1. The van der Waals surface area contributed by atoms with E-state index >= 15 is 0 Å². The standard InChI is InChI=1S/C22H25BrN2O3/c1-14-12-19(15(2)16(3)21(14)23)28-13-20(26)24-18-9-5-4-8-17(18)22(27)25-10-6-7-11-25/h4-5,8-9,12H,6-7,10-11,13H2,1-3H3,(H,24,26). The maximum atomic E-state index is 12.7. The lowest BCUT2D eigenvalue weighted by molar-refractivity contribution is -0.118. The van der Waals surface area contributed by atoms with E-state index in [1.54, 1.807) is 12.1 Å². The zero-order chi connectivity index (χ0) is 20.3. The molecule has 0 radical (unpaired) electrons. The van der Waals surface area contributed by atoms with Crippen molar-refractivity contribution < 1.29 is 14.3 Å². The van der Waals surface area contributed by atoms with Crippen molar-refractivity contribution >= 4 is 33.4 Å². The Labute approximate surface area is 174 Å². The first-order valence-electron chi connectivity index (χ1n) is 9.45. The number of hydrogen-bond acceptors (Lipinski definition) is 3. The number of nitrogens with zero attached hydrogens (tertiary/aromatic N) is 1. The van der Waals surface area contributed by atoms with Gasteiger partial charge in [0.15, 0.2) is 6.61 Å². The number of carbonyl (C=O) groups is 2. The molecular weight excluding hydrogens is 420 g/mol. The van der Waals surface area contributed by atoms with Crippen molar-refractivity contribution in [2.45, 2.75) is 33.6 Å². The fourth-order valence-corrected chi connectivity index (χ4v) is 3.77. The van der Waals surface area contributed by atoms with Crippen LogP contribution >= 0.6 is 15.9 Å². The average molecular weight is 445 g/mol. The number of ether oxygens (including phenoxy) is 1. The van der Waals surface area contributed by atoms with E-state index in [9.17, 15) is 9.59 Å². The van der Waals surface area contributed by atoms with Gasteiger partial charge in [-0.05, 0) is 68.5 Å². The van der Waals surface area contributed by atoms with Crippen LogP contribution in [0.3, 0.4) is 0 Å². The van der Waals surface area contributed by atoms with Gasteiger partial charge < -0.3 is 15.0 Å². The number of rotatable bonds is 5. The summed E-state index contributed by atoms with van der Waals surface area (Å²) in [5.41, 5.74) is 4.18. The Hall–Kier alpha value is -2.34. The van der Waals surface area contributed by atoms with Crippen LogP contribution in [0.5, 0.6) is 5.75 Å². The van der Waals surface area contributed by atoms with Crippen molar-refractivity contribution in [3.05, 3.63) is 57.1 Å². The van der Waals surface area contributed by atoms with Crippen molar-refractivity contribution in [3.8, 4) is 5.75 Å². The van der Waals surface area contributed by atoms with Crippen LogP contribution < -0.4 is 10.1 Å². The third-order valence-corrected chi connectivity index (χ3v) is 6.36. The molecule has 0 unspecified atom stereocenters. The van der Waals surface area contributed by atoms with Crippen LogP contribution in [-0.4, -0.2) is 36.4 Å². The van der Waals surface area contributed by atoms with Gasteiger partial charge in [-0.2, -0.15) is 0 Å². The molecule has 6 heteroatoms. The molecule has 28 heavy (non-hydrogen) atoms. The van der Waals surface area contributed by atoms with Crippen LogP contribution in [0, 0.1) is 20.8 Å². The van der Waals surface area contributed by atoms with Gasteiger partial charge in [-0.15, -0.1) is 0 Å². The summed E-state index contributed by atoms with van der Waals surface area (Å²) in [6.45, 7) is 7.39. The molecule has 0 aliphatic carbocycles. The molecule has 0 saturated carbocycles. The van der Waals surface area contributed by atoms with Crippen molar-refractivity contribution in [3.63, 3.8) is 0 Å². The summed E-state index contributed by atoms with van der Waals surface area (Å²) in [7, 11) is 0. The van der Waals surface area contributed by atoms with E-state index in [1.807, 2.05) is 43.9 Å². The van der Waals surface area contributed by atoms with Gasteiger partial charge in [0.2, 0.25) is 0 Å². The second-order valence-corrected chi connectivity index (χ2v) is 7.93. The van der Waals surface area contributed by atoms with Crippen LogP contribution in [0.15, 0.2) is 34.8 Å². The van der Waals surface area contributed by atoms with Gasteiger partial charge in [0.05, 0.1) is 11.3 Å². The summed E-state index contributed by atoms with van der Waals surface area (Å²) in [6.07, 6.45) is 2.05. The largest absolute Gasteiger partial charge is 0.483 e. The Morgan fingerprint density at radius 3 is 2.50 bits per heavy atom. The molecule has 1 aliphatic rings. The van der Waals surface area contributed by atoms with Crippen molar-refractivity contribution in [1.29, 1.82) is 0 Å². The van der Waals surface area contributed by atoms with Gasteiger partial charge in [0.1, 0.15) is 5.75 Å². The molecule has 5 nitrogen and oxygen atoms in total. The summed E-state index contributed by atoms with van der Waals surface area (Å²) in [4.78, 5) is 27.0. The molecule has 1 saturated heterocycles. The van der Waals surface area contributed by atoms with Gasteiger partial charge in [-0.25, -0.2) is 0 Å². The second kappa shape index (κ2) is 8.78. The third kappa shape index (κ3) is 4.38. The van der Waals surface area contributed by atoms with E-state index in [2.05, 4.69) is 21.2 Å². The highest BCUT2D eigenvalue weighted by Crippen LogP contribution is 2.31. The summed E-state index contributed by atoms with van der Waals surface area (Å²) < 4.78 is 6.81. The minimum atomic E-state index is -0.292. The minimum absolute atomic E-state index is 0.0377. The SMILES string of the molecule is Cc1cc(OCC(=O)Nc2ccccc2C(=O)N2CCCC2)c(C)c(C)c1Br. The second-order valence-electron chi connectivity index (χ2n) is 7.14. The van der Waals surface area contributed by atoms with Crippen LogP contribution in [0.25, 0.3) is 0 Å². The number of hydrogen-bond donors (Lipinski definition) is 1. The fourth-order valence-electron chi connectivity index (χ4n) is 3.36. The number of likely N-dealkylation sites (tertiary alicyclic amines) is 1. The number of benzene rings is 2. The molecule has 2 aromatic rings. The van der Waals surface area contributed by atoms with Crippen molar-refractivity contribution in [1.82, 2.24) is 4.90 Å². The molecular formula is C22H25BrN2O3. The Morgan fingerprint density at radius 2 is 1.79 bits per heavy atom. The first-order valence-corrected chi connectivity index (χ1v) is 10.2. The fraction of sp³-hybridized carbons (Fsp3) is 0.364. The lowest BCUT2D eigenvalue weighted by Gasteiger charge is -2.18. The monoisotopic (exact) mass is 444 g/mol. The Morgan fingerprint density at radius 1 is 1.11 bits per heavy atom. The topological polar surface area (TPSA) is 58.6 Å². The quantitative estimate of drug-likeness (QED) is 0.731. The molecule has 0 bridgehead atoms. The Balaban J connectivity index is 1.68. The van der Waals surface area contributed by atoms with Crippen LogP contribution in [-0.2, 0) is 4.79 Å². The lowest BCUT2D eigenvalue weighted by atomic mass is 10.1. The molecule has 2 aromatic carbocycles. The molecule has 2 amide bonds. The summed E-state index contributed by atoms with van der Waals surface area (Å²) in [6, 6.07) is 9.04. The highest BCUT2D eigenvalue weighted by Gasteiger charge is 2.22. The van der Waals surface area contributed by atoms with Gasteiger partial charge in [0, 0.05) is 17.6 Å². The molecule has 1 heterocycles. The number of halogens is 1. The van der Waals surface area contributed by atoms with Crippen LogP contribution in [0.2, 0.25) is 0 Å². The molecule has 148 valence electrons. The number of nitrogens with one attached hydrogen (secondary N) is 1. The predicted molar refractivity (Wildman–Crippen MR) is 114 cm³/mol. The molecule has 1 N–H and O–H groups in total. The van der Waals surface area contributed by atoms with E-state index in [0.29, 0.717) is 17.0 Å². The number of para-hydroxylation sites is 1. The lowest BCUT2D eigenvalue weighted by Crippen LogP contribution is -2.29. The number of amides is 2. The van der Waals surface area contributed by atoms with Crippen LogP contribution in [0.1, 0.15) is 39.9 Å². The molecule has 0 spiro atoms. The van der Waals surface area contributed by atoms with E-state index in [-0.39, 0.29) is 18.4 Å². The third-order valence-electron chi connectivity index (χ3n) is 5.14. The molecule has 0 atom stereocenters. The first-order chi connectivity index (χ1) is 13.4. The van der Waals surface area contributed by atoms with Gasteiger partial charge in [-0.3, -0.25) is 9.59 Å². The minimum Gasteiger partial charge on any atom is -0.483 e. The zero-order valence-corrected chi connectivity index (χ0v) is 18.1. The van der Waals surface area contributed by atoms with Crippen LogP contribution in [0.4, 0.5) is 5.69 Å². The normalized spacial score (nSPS) is 13.5. The average Bonchev–Trinajstić information content (AvgIpc) is 3.23. The predicted octanol–water partition coefficient (Wildman–Crippen LogP) is 4.63. The number of carbonyl (C=O) groups excluding carboxylic acids is 2. The van der Waals surface area contributed by atoms with Crippen molar-refractivity contribution in [2.24, 2.45) is 0 Å². The van der Waals surface area contributed by atoms with Gasteiger partial charge in [0.25, 0.3) is 11.8 Å². The zero-order valence-electron chi connectivity index (χ0n) is 16.5. The molecule has 1 aliphatic heterocycles. The maximum Gasteiger partial charge on any atom is 0.262 e.